The third-order valence-electron chi connectivity index (χ3n) is 7.42. The predicted octanol–water partition coefficient (Wildman–Crippen LogP) is 7.90. The van der Waals surface area contributed by atoms with E-state index in [2.05, 4.69) is 29.0 Å². The van der Waals surface area contributed by atoms with Crippen LogP contribution in [0.15, 0.2) is 77.5 Å². The Hall–Kier alpha value is -3.59. The summed E-state index contributed by atoms with van der Waals surface area (Å²) in [6.45, 7) is 8.95. The van der Waals surface area contributed by atoms with Crippen LogP contribution in [0.3, 0.4) is 0 Å². The van der Waals surface area contributed by atoms with Gasteiger partial charge in [0, 0.05) is 18.9 Å². The molecular formula is C35H41NO6S. The highest BCUT2D eigenvalue weighted by Gasteiger charge is 2.35. The number of hydrogen-bond acceptors (Lipinski definition) is 7. The second kappa shape index (κ2) is 14.3. The van der Waals surface area contributed by atoms with Crippen molar-refractivity contribution in [1.82, 2.24) is 4.90 Å². The monoisotopic (exact) mass is 603 g/mol. The normalized spacial score (nSPS) is 17.2. The van der Waals surface area contributed by atoms with Crippen LogP contribution in [0.4, 0.5) is 4.79 Å². The zero-order chi connectivity index (χ0) is 30.2. The maximum Gasteiger partial charge on any atom is 0.410 e. The molecule has 0 aliphatic carbocycles. The summed E-state index contributed by atoms with van der Waals surface area (Å²) in [5.74, 6) is 1.17. The van der Waals surface area contributed by atoms with Crippen LogP contribution in [0.25, 0.3) is 10.8 Å². The van der Waals surface area contributed by atoms with Crippen molar-refractivity contribution in [3.05, 3.63) is 94.2 Å². The SMILES string of the molecule is CC(C)(C)OC(=O)N1CCC(c2ccc(OCCCOCc3ccsc3)cc2)C(OCc2ccc3ccc(O)cc3c2)C1. The van der Waals surface area contributed by atoms with Crippen molar-refractivity contribution in [1.29, 1.82) is 0 Å². The molecular weight excluding hydrogens is 562 g/mol. The summed E-state index contributed by atoms with van der Waals surface area (Å²) in [5, 5.41) is 16.1. The number of amides is 1. The molecule has 0 bridgehead atoms. The van der Waals surface area contributed by atoms with Crippen LogP contribution in [-0.4, -0.2) is 54.1 Å². The van der Waals surface area contributed by atoms with Crippen LogP contribution < -0.4 is 4.74 Å². The van der Waals surface area contributed by atoms with E-state index in [1.54, 1.807) is 28.4 Å². The topological polar surface area (TPSA) is 77.5 Å². The van der Waals surface area contributed by atoms with Crippen molar-refractivity contribution in [2.75, 3.05) is 26.3 Å². The van der Waals surface area contributed by atoms with Gasteiger partial charge in [-0.05, 0) is 102 Å². The fourth-order valence-corrected chi connectivity index (χ4v) is 5.92. The number of ether oxygens (including phenoxy) is 4. The fraction of sp³-hybridized carbons (Fsp3) is 0.400. The first-order valence-corrected chi connectivity index (χ1v) is 15.8. The van der Waals surface area contributed by atoms with Gasteiger partial charge in [0.15, 0.2) is 0 Å². The van der Waals surface area contributed by atoms with Gasteiger partial charge in [0.2, 0.25) is 0 Å². The minimum absolute atomic E-state index is 0.114. The Bertz CT molecular complexity index is 1460. The summed E-state index contributed by atoms with van der Waals surface area (Å²) in [4.78, 5) is 14.7. The zero-order valence-electron chi connectivity index (χ0n) is 25.2. The summed E-state index contributed by atoms with van der Waals surface area (Å²) >= 11 is 1.68. The molecule has 1 aromatic heterocycles. The Kier molecular flexibility index (Phi) is 10.2. The lowest BCUT2D eigenvalue weighted by molar-refractivity contribution is -0.0359. The second-order valence-electron chi connectivity index (χ2n) is 12.0. The second-order valence-corrected chi connectivity index (χ2v) is 12.8. The molecule has 5 rings (SSSR count). The number of phenolic OH excluding ortho intramolecular Hbond substituents is 1. The number of aromatic hydroxyl groups is 1. The fourth-order valence-electron chi connectivity index (χ4n) is 5.26. The van der Waals surface area contributed by atoms with Gasteiger partial charge in [-0.15, -0.1) is 0 Å². The van der Waals surface area contributed by atoms with E-state index >= 15 is 0 Å². The maximum atomic E-state index is 12.9. The van der Waals surface area contributed by atoms with E-state index in [4.69, 9.17) is 18.9 Å². The molecule has 3 aromatic carbocycles. The largest absolute Gasteiger partial charge is 0.508 e. The Labute approximate surface area is 258 Å². The van der Waals surface area contributed by atoms with Gasteiger partial charge >= 0.3 is 6.09 Å². The molecule has 0 saturated carbocycles. The predicted molar refractivity (Wildman–Crippen MR) is 170 cm³/mol. The van der Waals surface area contributed by atoms with Crippen LogP contribution in [0.5, 0.6) is 11.5 Å². The number of likely N-dealkylation sites (tertiary alicyclic amines) is 1. The first-order chi connectivity index (χ1) is 20.7. The molecule has 1 amide bonds. The number of benzene rings is 3. The minimum atomic E-state index is -0.563. The summed E-state index contributed by atoms with van der Waals surface area (Å²) in [6, 6.07) is 21.8. The number of carbonyl (C=O) groups excluding carboxylic acids is 1. The van der Waals surface area contributed by atoms with E-state index in [0.29, 0.717) is 39.5 Å². The Morgan fingerprint density at radius 2 is 1.77 bits per heavy atom. The van der Waals surface area contributed by atoms with Crippen LogP contribution in [-0.2, 0) is 27.4 Å². The van der Waals surface area contributed by atoms with E-state index in [1.807, 2.05) is 57.2 Å². The summed E-state index contributed by atoms with van der Waals surface area (Å²) in [6.07, 6.45) is 1.05. The molecule has 4 aromatic rings. The van der Waals surface area contributed by atoms with E-state index in [1.165, 1.54) is 5.56 Å². The van der Waals surface area contributed by atoms with E-state index < -0.39 is 5.60 Å². The van der Waals surface area contributed by atoms with Gasteiger partial charge in [0.25, 0.3) is 0 Å². The third kappa shape index (κ3) is 8.95. The van der Waals surface area contributed by atoms with Crippen molar-refractivity contribution in [3.63, 3.8) is 0 Å². The molecule has 2 unspecified atom stereocenters. The van der Waals surface area contributed by atoms with Gasteiger partial charge < -0.3 is 29.0 Å². The van der Waals surface area contributed by atoms with Crippen LogP contribution >= 0.6 is 11.3 Å². The van der Waals surface area contributed by atoms with Gasteiger partial charge in [-0.3, -0.25) is 0 Å². The number of carbonyl (C=O) groups is 1. The average molecular weight is 604 g/mol. The molecule has 1 aliphatic rings. The average Bonchev–Trinajstić information content (AvgIpc) is 3.50. The minimum Gasteiger partial charge on any atom is -0.508 e. The van der Waals surface area contributed by atoms with Crippen molar-refractivity contribution in [2.24, 2.45) is 0 Å². The number of thiophene rings is 1. The third-order valence-corrected chi connectivity index (χ3v) is 8.15. The number of phenols is 1. The molecule has 1 N–H and O–H groups in total. The van der Waals surface area contributed by atoms with Crippen LogP contribution in [0.1, 0.15) is 56.2 Å². The number of hydrogen-bond donors (Lipinski definition) is 1. The van der Waals surface area contributed by atoms with Crippen molar-refractivity contribution < 1.29 is 28.8 Å². The van der Waals surface area contributed by atoms with Gasteiger partial charge in [-0.1, -0.05) is 30.3 Å². The maximum absolute atomic E-state index is 12.9. The molecule has 1 aliphatic heterocycles. The molecule has 1 saturated heterocycles. The van der Waals surface area contributed by atoms with Crippen LogP contribution in [0.2, 0.25) is 0 Å². The lowest BCUT2D eigenvalue weighted by Gasteiger charge is -2.39. The smallest absolute Gasteiger partial charge is 0.410 e. The van der Waals surface area contributed by atoms with E-state index in [0.717, 1.165) is 40.5 Å². The van der Waals surface area contributed by atoms with Gasteiger partial charge in [0.1, 0.15) is 17.1 Å². The summed E-state index contributed by atoms with van der Waals surface area (Å²) in [7, 11) is 0. The van der Waals surface area contributed by atoms with Crippen molar-refractivity contribution >= 4 is 28.2 Å². The molecule has 7 nitrogen and oxygen atoms in total. The highest BCUT2D eigenvalue weighted by atomic mass is 32.1. The highest BCUT2D eigenvalue weighted by molar-refractivity contribution is 7.07. The van der Waals surface area contributed by atoms with Crippen LogP contribution in [0, 0.1) is 0 Å². The highest BCUT2D eigenvalue weighted by Crippen LogP contribution is 2.33. The standard InChI is InChI=1S/C35H41NO6S/c1-35(2,3)42-34(38)36-15-13-32(33(21-36)41-23-25-5-6-27-7-10-30(37)20-29(27)19-25)28-8-11-31(12-9-28)40-17-4-16-39-22-26-14-18-43-24-26/h5-12,14,18-20,24,32-33,37H,4,13,15-17,21-23H2,1-3H3. The molecule has 1 fully saturated rings. The van der Waals surface area contributed by atoms with E-state index in [9.17, 15) is 9.90 Å². The molecule has 228 valence electrons. The summed E-state index contributed by atoms with van der Waals surface area (Å²) in [5.41, 5.74) is 2.81. The molecule has 43 heavy (non-hydrogen) atoms. The first-order valence-electron chi connectivity index (χ1n) is 14.9. The number of fused-ring (bicyclic) bond motifs is 1. The lowest BCUT2D eigenvalue weighted by Crippen LogP contribution is -2.48. The molecule has 2 heterocycles. The number of piperidine rings is 1. The number of nitrogens with zero attached hydrogens (tertiary/aromatic N) is 1. The molecule has 2 atom stereocenters. The quantitative estimate of drug-likeness (QED) is 0.176. The van der Waals surface area contributed by atoms with Crippen molar-refractivity contribution in [2.45, 2.75) is 64.4 Å². The summed E-state index contributed by atoms with van der Waals surface area (Å²) < 4.78 is 23.9. The Morgan fingerprint density at radius 3 is 2.53 bits per heavy atom. The Morgan fingerprint density at radius 1 is 0.953 bits per heavy atom. The molecule has 0 radical (unpaired) electrons. The number of rotatable bonds is 11. The Balaban J connectivity index is 1.20. The van der Waals surface area contributed by atoms with Crippen molar-refractivity contribution in [3.8, 4) is 11.5 Å². The first kappa shape index (κ1) is 30.9. The lowest BCUT2D eigenvalue weighted by atomic mass is 9.87. The zero-order valence-corrected chi connectivity index (χ0v) is 26.0. The molecule has 8 heteroatoms. The molecule has 0 spiro atoms. The van der Waals surface area contributed by atoms with Gasteiger partial charge in [0.05, 0.1) is 39.1 Å². The van der Waals surface area contributed by atoms with Gasteiger partial charge in [-0.25, -0.2) is 4.79 Å². The van der Waals surface area contributed by atoms with E-state index in [-0.39, 0.29) is 23.9 Å². The van der Waals surface area contributed by atoms with Gasteiger partial charge in [-0.2, -0.15) is 11.3 Å².